The Morgan fingerprint density at radius 3 is 2.31 bits per heavy atom. The lowest BCUT2D eigenvalue weighted by atomic mass is 9.93. The molecular formula is C23H29FN2O5S. The van der Waals surface area contributed by atoms with Crippen LogP contribution in [0.2, 0.25) is 0 Å². The summed E-state index contributed by atoms with van der Waals surface area (Å²) in [7, 11) is -4.21. The zero-order valence-corrected chi connectivity index (χ0v) is 19.5. The van der Waals surface area contributed by atoms with Gasteiger partial charge in [0.1, 0.15) is 25.6 Å². The maximum absolute atomic E-state index is 13.9. The van der Waals surface area contributed by atoms with Gasteiger partial charge >= 0.3 is 0 Å². The molecular weight excluding hydrogens is 435 g/mol. The van der Waals surface area contributed by atoms with Crippen LogP contribution in [0.25, 0.3) is 0 Å². The molecule has 0 bridgehead atoms. The van der Waals surface area contributed by atoms with Gasteiger partial charge < -0.3 is 14.8 Å². The van der Waals surface area contributed by atoms with Crippen LogP contribution in [0.1, 0.15) is 27.7 Å². The van der Waals surface area contributed by atoms with Gasteiger partial charge in [0.25, 0.3) is 10.0 Å². The molecule has 0 spiro atoms. The fourth-order valence-electron chi connectivity index (χ4n) is 3.72. The molecule has 0 aliphatic carbocycles. The largest absolute Gasteiger partial charge is 0.486 e. The normalized spacial score (nSPS) is 13.5. The lowest BCUT2D eigenvalue weighted by molar-refractivity contribution is -0.121. The second kappa shape index (κ2) is 9.77. The number of fused-ring (bicyclic) bond motifs is 1. The summed E-state index contributed by atoms with van der Waals surface area (Å²) in [6.07, 6.45) is 0. The molecule has 32 heavy (non-hydrogen) atoms. The SMILES string of the molecule is CC(C)C(NC(=O)CN(c1cccc(F)c1)S(=O)(=O)c1ccc2c(c1)OCCO2)C(C)C. The van der Waals surface area contributed by atoms with Crippen LogP contribution in [-0.2, 0) is 14.8 Å². The minimum Gasteiger partial charge on any atom is -0.486 e. The third-order valence-corrected chi connectivity index (χ3v) is 7.02. The predicted molar refractivity (Wildman–Crippen MR) is 120 cm³/mol. The Balaban J connectivity index is 1.96. The van der Waals surface area contributed by atoms with E-state index in [-0.39, 0.29) is 28.5 Å². The average molecular weight is 465 g/mol. The Bertz CT molecular complexity index is 1060. The number of rotatable bonds is 8. The van der Waals surface area contributed by atoms with Crippen molar-refractivity contribution in [3.8, 4) is 11.5 Å². The molecule has 0 saturated heterocycles. The predicted octanol–water partition coefficient (Wildman–Crippen LogP) is 3.59. The van der Waals surface area contributed by atoms with E-state index in [2.05, 4.69) is 5.32 Å². The molecule has 1 aliphatic heterocycles. The molecule has 174 valence electrons. The van der Waals surface area contributed by atoms with Crippen LogP contribution in [0.15, 0.2) is 47.4 Å². The van der Waals surface area contributed by atoms with Crippen molar-refractivity contribution in [2.24, 2.45) is 11.8 Å². The Morgan fingerprint density at radius 1 is 1.03 bits per heavy atom. The third-order valence-electron chi connectivity index (χ3n) is 5.25. The Hall–Kier alpha value is -2.81. The van der Waals surface area contributed by atoms with Gasteiger partial charge in [-0.1, -0.05) is 33.8 Å². The number of sulfonamides is 1. The number of carbonyl (C=O) groups is 1. The molecule has 0 fully saturated rings. The molecule has 0 atom stereocenters. The van der Waals surface area contributed by atoms with Crippen LogP contribution >= 0.6 is 0 Å². The highest BCUT2D eigenvalue weighted by Crippen LogP contribution is 2.34. The van der Waals surface area contributed by atoms with E-state index in [4.69, 9.17) is 9.47 Å². The summed E-state index contributed by atoms with van der Waals surface area (Å²) in [5, 5.41) is 2.92. The van der Waals surface area contributed by atoms with E-state index >= 15 is 0 Å². The van der Waals surface area contributed by atoms with Gasteiger partial charge in [0, 0.05) is 12.1 Å². The Labute approximate surface area is 188 Å². The quantitative estimate of drug-likeness (QED) is 0.645. The van der Waals surface area contributed by atoms with Gasteiger partial charge in [-0.15, -0.1) is 0 Å². The monoisotopic (exact) mass is 464 g/mol. The second-order valence-corrected chi connectivity index (χ2v) is 10.2. The number of hydrogen-bond donors (Lipinski definition) is 1. The number of nitrogens with one attached hydrogen (secondary N) is 1. The first-order valence-electron chi connectivity index (χ1n) is 10.6. The first-order valence-corrected chi connectivity index (χ1v) is 12.0. The summed E-state index contributed by atoms with van der Waals surface area (Å²) in [5.41, 5.74) is 0.0562. The van der Waals surface area contributed by atoms with E-state index in [0.717, 1.165) is 10.4 Å². The molecule has 7 nitrogen and oxygen atoms in total. The summed E-state index contributed by atoms with van der Waals surface area (Å²) in [4.78, 5) is 12.8. The smallest absolute Gasteiger partial charge is 0.264 e. The van der Waals surface area contributed by atoms with E-state index in [9.17, 15) is 17.6 Å². The molecule has 1 aliphatic rings. The summed E-state index contributed by atoms with van der Waals surface area (Å²) in [6, 6.07) is 9.29. The highest BCUT2D eigenvalue weighted by Gasteiger charge is 2.30. The van der Waals surface area contributed by atoms with Crippen molar-refractivity contribution in [1.82, 2.24) is 5.32 Å². The lowest BCUT2D eigenvalue weighted by Gasteiger charge is -2.29. The number of halogens is 1. The number of anilines is 1. The molecule has 2 aromatic carbocycles. The zero-order valence-electron chi connectivity index (χ0n) is 18.7. The van der Waals surface area contributed by atoms with Gasteiger partial charge in [-0.05, 0) is 42.2 Å². The highest BCUT2D eigenvalue weighted by atomic mass is 32.2. The van der Waals surface area contributed by atoms with Crippen LogP contribution in [0.3, 0.4) is 0 Å². The number of carbonyl (C=O) groups excluding carboxylic acids is 1. The van der Waals surface area contributed by atoms with Crippen molar-refractivity contribution in [2.75, 3.05) is 24.1 Å². The standard InChI is InChI=1S/C23H29FN2O5S/c1-15(2)23(16(3)4)25-22(27)14-26(18-7-5-6-17(24)12-18)32(28,29)19-8-9-20-21(13-19)31-11-10-30-20/h5-9,12-13,15-16,23H,10-11,14H2,1-4H3,(H,25,27). The molecule has 1 N–H and O–H groups in total. The van der Waals surface area contributed by atoms with Crippen molar-refractivity contribution in [3.05, 3.63) is 48.3 Å². The summed E-state index contributed by atoms with van der Waals surface area (Å²) in [6.45, 7) is 8.14. The first-order chi connectivity index (χ1) is 15.1. The minimum atomic E-state index is -4.21. The summed E-state index contributed by atoms with van der Waals surface area (Å²) >= 11 is 0. The van der Waals surface area contributed by atoms with Crippen molar-refractivity contribution in [1.29, 1.82) is 0 Å². The molecule has 1 amide bonds. The summed E-state index contributed by atoms with van der Waals surface area (Å²) < 4.78 is 52.9. The van der Waals surface area contributed by atoms with E-state index in [1.54, 1.807) is 0 Å². The lowest BCUT2D eigenvalue weighted by Crippen LogP contribution is -2.47. The van der Waals surface area contributed by atoms with Gasteiger partial charge in [-0.25, -0.2) is 12.8 Å². The van der Waals surface area contributed by atoms with Crippen molar-refractivity contribution < 1.29 is 27.1 Å². The van der Waals surface area contributed by atoms with Crippen LogP contribution in [-0.4, -0.2) is 40.1 Å². The third kappa shape index (κ3) is 5.32. The maximum Gasteiger partial charge on any atom is 0.264 e. The van der Waals surface area contributed by atoms with E-state index < -0.39 is 28.3 Å². The molecule has 0 unspecified atom stereocenters. The molecule has 0 aromatic heterocycles. The van der Waals surface area contributed by atoms with Gasteiger partial charge in [-0.2, -0.15) is 0 Å². The average Bonchev–Trinajstić information content (AvgIpc) is 2.74. The topological polar surface area (TPSA) is 84.9 Å². The highest BCUT2D eigenvalue weighted by molar-refractivity contribution is 7.92. The van der Waals surface area contributed by atoms with Crippen LogP contribution in [0, 0.1) is 17.7 Å². The number of amides is 1. The molecule has 1 heterocycles. The fraction of sp³-hybridized carbons (Fsp3) is 0.435. The van der Waals surface area contributed by atoms with Crippen molar-refractivity contribution >= 4 is 21.6 Å². The van der Waals surface area contributed by atoms with Gasteiger partial charge in [0.05, 0.1) is 10.6 Å². The van der Waals surface area contributed by atoms with Crippen molar-refractivity contribution in [3.63, 3.8) is 0 Å². The summed E-state index contributed by atoms with van der Waals surface area (Å²) in [5.74, 6) is 0.00449. The van der Waals surface area contributed by atoms with E-state index in [0.29, 0.717) is 24.7 Å². The van der Waals surface area contributed by atoms with E-state index in [1.807, 2.05) is 27.7 Å². The maximum atomic E-state index is 13.9. The Kier molecular flexibility index (Phi) is 7.28. The van der Waals surface area contributed by atoms with E-state index in [1.165, 1.54) is 36.4 Å². The number of nitrogens with zero attached hydrogens (tertiary/aromatic N) is 1. The van der Waals surface area contributed by atoms with Gasteiger partial charge in [-0.3, -0.25) is 9.10 Å². The fourth-order valence-corrected chi connectivity index (χ4v) is 5.15. The minimum absolute atomic E-state index is 0.0562. The second-order valence-electron chi connectivity index (χ2n) is 8.38. The molecule has 3 rings (SSSR count). The van der Waals surface area contributed by atoms with Gasteiger partial charge in [0.2, 0.25) is 5.91 Å². The van der Waals surface area contributed by atoms with Crippen LogP contribution < -0.4 is 19.1 Å². The van der Waals surface area contributed by atoms with Crippen LogP contribution in [0.4, 0.5) is 10.1 Å². The Morgan fingerprint density at radius 2 is 1.69 bits per heavy atom. The zero-order chi connectivity index (χ0) is 23.5. The number of benzene rings is 2. The van der Waals surface area contributed by atoms with Crippen molar-refractivity contribution in [2.45, 2.75) is 38.6 Å². The molecule has 0 radical (unpaired) electrons. The first kappa shape index (κ1) is 23.8. The molecule has 0 saturated carbocycles. The number of hydrogen-bond acceptors (Lipinski definition) is 5. The van der Waals surface area contributed by atoms with Crippen LogP contribution in [0.5, 0.6) is 11.5 Å². The van der Waals surface area contributed by atoms with Gasteiger partial charge in [0.15, 0.2) is 11.5 Å². The molecule has 9 heteroatoms. The molecule has 2 aromatic rings. The number of ether oxygens (including phenoxy) is 2.